The first-order valence-electron chi connectivity index (χ1n) is 6.94. The van der Waals surface area contributed by atoms with Crippen molar-refractivity contribution in [1.82, 2.24) is 4.98 Å². The number of aryl methyl sites for hydroxylation is 1. The Labute approximate surface area is 132 Å². The van der Waals surface area contributed by atoms with Crippen LogP contribution in [-0.4, -0.2) is 17.9 Å². The van der Waals surface area contributed by atoms with Gasteiger partial charge in [0.15, 0.2) is 0 Å². The molecule has 5 heteroatoms. The lowest BCUT2D eigenvalue weighted by molar-refractivity contribution is 0.112. The minimum absolute atomic E-state index is 0.486. The Kier molecular flexibility index (Phi) is 4.34. The number of thiophene rings is 1. The van der Waals surface area contributed by atoms with Gasteiger partial charge < -0.3 is 9.15 Å². The molecule has 0 bridgehead atoms. The van der Waals surface area contributed by atoms with Gasteiger partial charge >= 0.3 is 0 Å². The molecule has 3 rings (SSSR count). The summed E-state index contributed by atoms with van der Waals surface area (Å²) in [6.07, 6.45) is 1.47. The molecule has 0 saturated carbocycles. The average Bonchev–Trinajstić information content (AvgIpc) is 3.18. The van der Waals surface area contributed by atoms with E-state index in [4.69, 9.17) is 9.15 Å². The molecular formula is C17H15NO3S. The van der Waals surface area contributed by atoms with Crippen molar-refractivity contribution in [1.29, 1.82) is 0 Å². The number of aromatic nitrogens is 1. The highest BCUT2D eigenvalue weighted by atomic mass is 32.1. The second kappa shape index (κ2) is 6.58. The molecule has 0 fully saturated rings. The predicted octanol–water partition coefficient (Wildman–Crippen LogP) is 4.15. The molecule has 0 amide bonds. The zero-order chi connectivity index (χ0) is 15.4. The topological polar surface area (TPSA) is 52.3 Å². The Morgan fingerprint density at radius 2 is 2.23 bits per heavy atom. The third-order valence-corrected chi connectivity index (χ3v) is 4.08. The molecule has 3 aromatic rings. The van der Waals surface area contributed by atoms with Crippen LogP contribution in [0.5, 0.6) is 5.75 Å². The molecule has 0 atom stereocenters. The lowest BCUT2D eigenvalue weighted by atomic mass is 10.2. The van der Waals surface area contributed by atoms with Gasteiger partial charge in [-0.25, -0.2) is 4.98 Å². The van der Waals surface area contributed by atoms with Gasteiger partial charge in [0.05, 0.1) is 17.2 Å². The first-order chi connectivity index (χ1) is 10.8. The summed E-state index contributed by atoms with van der Waals surface area (Å²) < 4.78 is 11.4. The number of benzene rings is 1. The Hall–Kier alpha value is -2.40. The number of carbonyl (C=O) groups excluding carboxylic acids is 1. The van der Waals surface area contributed by atoms with E-state index in [1.807, 2.05) is 30.5 Å². The zero-order valence-corrected chi connectivity index (χ0v) is 12.9. The quantitative estimate of drug-likeness (QED) is 0.642. The van der Waals surface area contributed by atoms with Crippen molar-refractivity contribution in [2.75, 3.05) is 6.61 Å². The van der Waals surface area contributed by atoms with Crippen molar-refractivity contribution in [2.24, 2.45) is 0 Å². The molecular weight excluding hydrogens is 298 g/mol. The van der Waals surface area contributed by atoms with Gasteiger partial charge in [-0.3, -0.25) is 4.79 Å². The molecule has 0 saturated heterocycles. The van der Waals surface area contributed by atoms with Crippen LogP contribution in [-0.2, 0) is 6.42 Å². The maximum absolute atomic E-state index is 10.7. The van der Waals surface area contributed by atoms with Crippen LogP contribution in [0.3, 0.4) is 0 Å². The van der Waals surface area contributed by atoms with E-state index in [-0.39, 0.29) is 0 Å². The fourth-order valence-electron chi connectivity index (χ4n) is 2.11. The van der Waals surface area contributed by atoms with Crippen LogP contribution >= 0.6 is 11.3 Å². The van der Waals surface area contributed by atoms with E-state index in [9.17, 15) is 4.79 Å². The first kappa shape index (κ1) is 14.5. The molecule has 2 aromatic heterocycles. The van der Waals surface area contributed by atoms with E-state index in [2.05, 4.69) is 4.98 Å². The molecule has 0 aliphatic carbocycles. The summed E-state index contributed by atoms with van der Waals surface area (Å²) in [7, 11) is 0. The van der Waals surface area contributed by atoms with Crippen molar-refractivity contribution in [3.63, 3.8) is 0 Å². The number of oxazole rings is 1. The molecule has 0 unspecified atom stereocenters. The minimum atomic E-state index is 0.486. The van der Waals surface area contributed by atoms with Gasteiger partial charge in [-0.15, -0.1) is 11.3 Å². The van der Waals surface area contributed by atoms with Crippen molar-refractivity contribution < 1.29 is 13.9 Å². The molecule has 112 valence electrons. The number of carbonyl (C=O) groups is 1. The van der Waals surface area contributed by atoms with Crippen LogP contribution < -0.4 is 4.74 Å². The van der Waals surface area contributed by atoms with Crippen LogP contribution in [0.1, 0.15) is 21.8 Å². The number of nitrogens with zero attached hydrogens (tertiary/aromatic N) is 1. The van der Waals surface area contributed by atoms with E-state index in [0.29, 0.717) is 30.2 Å². The Morgan fingerprint density at radius 3 is 3.00 bits per heavy atom. The van der Waals surface area contributed by atoms with Gasteiger partial charge in [0.2, 0.25) is 5.89 Å². The molecule has 0 aliphatic rings. The SMILES string of the molecule is Cc1oc(-c2cccs2)nc1CCOc1cccc(C=O)c1. The summed E-state index contributed by atoms with van der Waals surface area (Å²) >= 11 is 1.60. The number of hydrogen-bond acceptors (Lipinski definition) is 5. The number of ether oxygens (including phenoxy) is 1. The number of rotatable bonds is 6. The second-order valence-corrected chi connectivity index (χ2v) is 5.74. The minimum Gasteiger partial charge on any atom is -0.493 e. The van der Waals surface area contributed by atoms with E-state index in [0.717, 1.165) is 22.6 Å². The Balaban J connectivity index is 1.63. The molecule has 0 N–H and O–H groups in total. The van der Waals surface area contributed by atoms with Gasteiger partial charge in [0.1, 0.15) is 17.8 Å². The van der Waals surface area contributed by atoms with E-state index < -0.39 is 0 Å². The molecule has 22 heavy (non-hydrogen) atoms. The summed E-state index contributed by atoms with van der Waals surface area (Å²) in [5.41, 5.74) is 1.50. The third kappa shape index (κ3) is 3.26. The van der Waals surface area contributed by atoms with Crippen molar-refractivity contribution in [2.45, 2.75) is 13.3 Å². The fraction of sp³-hybridized carbons (Fsp3) is 0.176. The third-order valence-electron chi connectivity index (χ3n) is 3.23. The highest BCUT2D eigenvalue weighted by molar-refractivity contribution is 7.13. The standard InChI is InChI=1S/C17H15NO3S/c1-12-15(18-17(21-12)16-6-3-9-22-16)7-8-20-14-5-2-4-13(10-14)11-19/h2-6,9-11H,7-8H2,1H3. The molecule has 0 aliphatic heterocycles. The van der Waals surface area contributed by atoms with Gasteiger partial charge in [-0.1, -0.05) is 18.2 Å². The van der Waals surface area contributed by atoms with Crippen LogP contribution in [0.4, 0.5) is 0 Å². The highest BCUT2D eigenvalue weighted by Gasteiger charge is 2.12. The maximum atomic E-state index is 10.7. The summed E-state index contributed by atoms with van der Waals surface area (Å²) in [6.45, 7) is 2.39. The molecule has 1 aromatic carbocycles. The fourth-order valence-corrected chi connectivity index (χ4v) is 2.76. The van der Waals surface area contributed by atoms with Crippen LogP contribution in [0.15, 0.2) is 46.2 Å². The van der Waals surface area contributed by atoms with Gasteiger partial charge in [-0.2, -0.15) is 0 Å². The van der Waals surface area contributed by atoms with E-state index in [1.165, 1.54) is 0 Å². The van der Waals surface area contributed by atoms with Crippen LogP contribution in [0.25, 0.3) is 10.8 Å². The van der Waals surface area contributed by atoms with Crippen LogP contribution in [0.2, 0.25) is 0 Å². The van der Waals surface area contributed by atoms with Gasteiger partial charge in [0.25, 0.3) is 0 Å². The second-order valence-electron chi connectivity index (χ2n) is 4.79. The number of hydrogen-bond donors (Lipinski definition) is 0. The predicted molar refractivity (Wildman–Crippen MR) is 85.6 cm³/mol. The van der Waals surface area contributed by atoms with E-state index in [1.54, 1.807) is 29.5 Å². The highest BCUT2D eigenvalue weighted by Crippen LogP contribution is 2.26. The number of aldehydes is 1. The summed E-state index contributed by atoms with van der Waals surface area (Å²) in [5.74, 6) is 2.16. The Bertz CT molecular complexity index is 762. The molecule has 0 spiro atoms. The largest absolute Gasteiger partial charge is 0.493 e. The zero-order valence-electron chi connectivity index (χ0n) is 12.1. The maximum Gasteiger partial charge on any atom is 0.236 e. The molecule has 4 nitrogen and oxygen atoms in total. The van der Waals surface area contributed by atoms with Crippen molar-refractivity contribution in [3.05, 3.63) is 58.8 Å². The van der Waals surface area contributed by atoms with Crippen molar-refractivity contribution in [3.8, 4) is 16.5 Å². The lowest BCUT2D eigenvalue weighted by Gasteiger charge is -2.05. The summed E-state index contributed by atoms with van der Waals surface area (Å²) in [6, 6.07) is 11.1. The molecule has 2 heterocycles. The van der Waals surface area contributed by atoms with Gasteiger partial charge in [0, 0.05) is 12.0 Å². The summed E-state index contributed by atoms with van der Waals surface area (Å²) in [5, 5.41) is 2.00. The Morgan fingerprint density at radius 1 is 1.32 bits per heavy atom. The van der Waals surface area contributed by atoms with Crippen molar-refractivity contribution >= 4 is 17.6 Å². The lowest BCUT2D eigenvalue weighted by Crippen LogP contribution is -2.03. The van der Waals surface area contributed by atoms with E-state index >= 15 is 0 Å². The smallest absolute Gasteiger partial charge is 0.236 e. The van der Waals surface area contributed by atoms with Crippen LogP contribution in [0, 0.1) is 6.92 Å². The first-order valence-corrected chi connectivity index (χ1v) is 7.82. The average molecular weight is 313 g/mol. The molecule has 0 radical (unpaired) electrons. The van der Waals surface area contributed by atoms with Gasteiger partial charge in [-0.05, 0) is 30.5 Å². The summed E-state index contributed by atoms with van der Waals surface area (Å²) in [4.78, 5) is 16.3. The normalized spacial score (nSPS) is 10.6. The monoisotopic (exact) mass is 313 g/mol.